The zero-order chi connectivity index (χ0) is 14.5. The monoisotopic (exact) mass is 337 g/mol. The van der Waals surface area contributed by atoms with E-state index in [1.165, 1.54) is 0 Å². The molecule has 2 aromatic carbocycles. The molecule has 106 valence electrons. The Labute approximate surface area is 126 Å². The summed E-state index contributed by atoms with van der Waals surface area (Å²) in [5, 5.41) is 0. The van der Waals surface area contributed by atoms with Gasteiger partial charge < -0.3 is 19.9 Å². The van der Waals surface area contributed by atoms with Gasteiger partial charge in [-0.3, -0.25) is 0 Å². The second kappa shape index (κ2) is 6.52. The molecule has 0 spiro atoms. The first-order valence-electron chi connectivity index (χ1n) is 6.02. The van der Waals surface area contributed by atoms with E-state index in [2.05, 4.69) is 15.9 Å². The van der Waals surface area contributed by atoms with Gasteiger partial charge in [0.25, 0.3) is 0 Å². The average Bonchev–Trinajstić information content (AvgIpc) is 2.43. The van der Waals surface area contributed by atoms with Crippen LogP contribution >= 0.6 is 15.9 Å². The van der Waals surface area contributed by atoms with Crippen molar-refractivity contribution in [3.8, 4) is 17.2 Å². The van der Waals surface area contributed by atoms with Gasteiger partial charge in [-0.25, -0.2) is 0 Å². The van der Waals surface area contributed by atoms with Gasteiger partial charge in [0.1, 0.15) is 6.61 Å². The fraction of sp³-hybridized carbons (Fsp3) is 0.200. The highest BCUT2D eigenvalue weighted by Crippen LogP contribution is 2.37. The molecule has 0 unspecified atom stereocenters. The van der Waals surface area contributed by atoms with Crippen LogP contribution in [-0.2, 0) is 6.61 Å². The van der Waals surface area contributed by atoms with Crippen LogP contribution in [0.5, 0.6) is 17.2 Å². The van der Waals surface area contributed by atoms with Crippen LogP contribution in [0.25, 0.3) is 0 Å². The number of hydrogen-bond donors (Lipinski definition) is 1. The molecule has 5 heteroatoms. The number of para-hydroxylation sites is 1. The highest BCUT2D eigenvalue weighted by molar-refractivity contribution is 9.10. The Balaban J connectivity index is 2.22. The van der Waals surface area contributed by atoms with Crippen LogP contribution in [0.4, 0.5) is 5.69 Å². The Kier molecular flexibility index (Phi) is 4.74. The van der Waals surface area contributed by atoms with Crippen molar-refractivity contribution >= 4 is 21.6 Å². The van der Waals surface area contributed by atoms with E-state index < -0.39 is 0 Å². The smallest absolute Gasteiger partial charge is 0.203 e. The number of rotatable bonds is 5. The van der Waals surface area contributed by atoms with Gasteiger partial charge in [-0.1, -0.05) is 22.0 Å². The quantitative estimate of drug-likeness (QED) is 0.846. The van der Waals surface area contributed by atoms with Crippen LogP contribution in [0.1, 0.15) is 5.56 Å². The third-order valence-corrected chi connectivity index (χ3v) is 3.20. The maximum absolute atomic E-state index is 5.82. The van der Waals surface area contributed by atoms with E-state index in [0.29, 0.717) is 29.5 Å². The molecule has 0 heterocycles. The molecule has 0 aliphatic heterocycles. The fourth-order valence-electron chi connectivity index (χ4n) is 1.87. The molecule has 0 radical (unpaired) electrons. The minimum atomic E-state index is 0.375. The topological polar surface area (TPSA) is 53.7 Å². The Bertz CT molecular complexity index is 559. The molecule has 0 bridgehead atoms. The van der Waals surface area contributed by atoms with Crippen molar-refractivity contribution in [1.82, 2.24) is 0 Å². The summed E-state index contributed by atoms with van der Waals surface area (Å²) in [6.07, 6.45) is 0. The molecule has 2 aromatic rings. The van der Waals surface area contributed by atoms with E-state index in [0.717, 1.165) is 10.0 Å². The van der Waals surface area contributed by atoms with Crippen LogP contribution in [0.3, 0.4) is 0 Å². The van der Waals surface area contributed by atoms with Crippen molar-refractivity contribution in [3.05, 3.63) is 46.4 Å². The van der Waals surface area contributed by atoms with Crippen LogP contribution in [0.15, 0.2) is 40.9 Å². The van der Waals surface area contributed by atoms with Gasteiger partial charge in [0.05, 0.1) is 14.2 Å². The molecule has 0 aliphatic rings. The Morgan fingerprint density at radius 1 is 1.05 bits per heavy atom. The van der Waals surface area contributed by atoms with Gasteiger partial charge in [0.2, 0.25) is 5.75 Å². The standard InChI is InChI=1S/C15H16BrNO3/c1-18-13-4-3-5-14(19-2)15(13)20-9-10-6-11(16)8-12(17)7-10/h3-8H,9,17H2,1-2H3. The second-order valence-corrected chi connectivity index (χ2v) is 5.09. The number of anilines is 1. The summed E-state index contributed by atoms with van der Waals surface area (Å²) < 4.78 is 17.3. The lowest BCUT2D eigenvalue weighted by atomic mass is 10.2. The van der Waals surface area contributed by atoms with Gasteiger partial charge >= 0.3 is 0 Å². The molecule has 0 saturated heterocycles. The maximum Gasteiger partial charge on any atom is 0.203 e. The van der Waals surface area contributed by atoms with Gasteiger partial charge in [-0.05, 0) is 35.9 Å². The van der Waals surface area contributed by atoms with Gasteiger partial charge in [0.15, 0.2) is 11.5 Å². The number of methoxy groups -OCH3 is 2. The van der Waals surface area contributed by atoms with E-state index in [1.54, 1.807) is 14.2 Å². The number of nitrogens with two attached hydrogens (primary N) is 1. The van der Waals surface area contributed by atoms with E-state index in [1.807, 2.05) is 36.4 Å². The molecular weight excluding hydrogens is 322 g/mol. The third-order valence-electron chi connectivity index (χ3n) is 2.75. The summed E-state index contributed by atoms with van der Waals surface area (Å²) in [6, 6.07) is 11.2. The van der Waals surface area contributed by atoms with Crippen molar-refractivity contribution in [2.24, 2.45) is 0 Å². The maximum atomic E-state index is 5.82. The molecule has 0 aromatic heterocycles. The lowest BCUT2D eigenvalue weighted by Crippen LogP contribution is -2.00. The van der Waals surface area contributed by atoms with E-state index in [-0.39, 0.29) is 0 Å². The largest absolute Gasteiger partial charge is 0.493 e. The minimum Gasteiger partial charge on any atom is -0.493 e. The number of nitrogen functional groups attached to an aromatic ring is 1. The van der Waals surface area contributed by atoms with Crippen molar-refractivity contribution in [1.29, 1.82) is 0 Å². The van der Waals surface area contributed by atoms with Crippen molar-refractivity contribution in [2.45, 2.75) is 6.61 Å². The predicted molar refractivity (Wildman–Crippen MR) is 82.4 cm³/mol. The molecule has 20 heavy (non-hydrogen) atoms. The molecule has 0 fully saturated rings. The number of ether oxygens (including phenoxy) is 3. The van der Waals surface area contributed by atoms with E-state index >= 15 is 0 Å². The first-order valence-corrected chi connectivity index (χ1v) is 6.82. The highest BCUT2D eigenvalue weighted by Gasteiger charge is 2.11. The normalized spacial score (nSPS) is 10.2. The van der Waals surface area contributed by atoms with E-state index in [4.69, 9.17) is 19.9 Å². The van der Waals surface area contributed by atoms with Crippen molar-refractivity contribution in [2.75, 3.05) is 20.0 Å². The summed E-state index contributed by atoms with van der Waals surface area (Å²) in [6.45, 7) is 0.375. The van der Waals surface area contributed by atoms with Gasteiger partial charge in [-0.15, -0.1) is 0 Å². The van der Waals surface area contributed by atoms with E-state index in [9.17, 15) is 0 Å². The first kappa shape index (κ1) is 14.5. The van der Waals surface area contributed by atoms with Crippen LogP contribution in [0.2, 0.25) is 0 Å². The molecule has 2 N–H and O–H groups in total. The molecular formula is C15H16BrNO3. The molecule has 2 rings (SSSR count). The molecule has 0 amide bonds. The lowest BCUT2D eigenvalue weighted by Gasteiger charge is -2.14. The Morgan fingerprint density at radius 3 is 2.25 bits per heavy atom. The first-order chi connectivity index (χ1) is 9.63. The van der Waals surface area contributed by atoms with Crippen LogP contribution < -0.4 is 19.9 Å². The Hall–Kier alpha value is -1.88. The number of halogens is 1. The lowest BCUT2D eigenvalue weighted by molar-refractivity contribution is 0.266. The van der Waals surface area contributed by atoms with Crippen LogP contribution in [-0.4, -0.2) is 14.2 Å². The number of hydrogen-bond acceptors (Lipinski definition) is 4. The van der Waals surface area contributed by atoms with Crippen LogP contribution in [0, 0.1) is 0 Å². The summed E-state index contributed by atoms with van der Waals surface area (Å²) in [5.41, 5.74) is 7.45. The average molecular weight is 338 g/mol. The van der Waals surface area contributed by atoms with Crippen molar-refractivity contribution in [3.63, 3.8) is 0 Å². The number of benzene rings is 2. The highest BCUT2D eigenvalue weighted by atomic mass is 79.9. The minimum absolute atomic E-state index is 0.375. The molecule has 4 nitrogen and oxygen atoms in total. The SMILES string of the molecule is COc1cccc(OC)c1OCc1cc(N)cc(Br)c1. The summed E-state index contributed by atoms with van der Waals surface area (Å²) >= 11 is 3.41. The Morgan fingerprint density at radius 2 is 1.70 bits per heavy atom. The zero-order valence-electron chi connectivity index (χ0n) is 11.4. The van der Waals surface area contributed by atoms with Crippen molar-refractivity contribution < 1.29 is 14.2 Å². The van der Waals surface area contributed by atoms with Gasteiger partial charge in [-0.2, -0.15) is 0 Å². The molecule has 0 atom stereocenters. The van der Waals surface area contributed by atoms with Gasteiger partial charge in [0, 0.05) is 10.2 Å². The predicted octanol–water partition coefficient (Wildman–Crippen LogP) is 3.63. The zero-order valence-corrected chi connectivity index (χ0v) is 12.9. The molecule has 0 aliphatic carbocycles. The summed E-state index contributed by atoms with van der Waals surface area (Å²) in [7, 11) is 3.19. The molecule has 0 saturated carbocycles. The second-order valence-electron chi connectivity index (χ2n) is 4.17. The third kappa shape index (κ3) is 3.36. The fourth-order valence-corrected chi connectivity index (χ4v) is 2.43. The summed E-state index contributed by atoms with van der Waals surface area (Å²) in [5.74, 6) is 1.84. The summed E-state index contributed by atoms with van der Waals surface area (Å²) in [4.78, 5) is 0.